The van der Waals surface area contributed by atoms with Gasteiger partial charge in [0.05, 0.1) is 18.4 Å². The number of hydrogen-bond donors (Lipinski definition) is 1. The first-order valence-electron chi connectivity index (χ1n) is 5.32. The average molecular weight is 287 g/mol. The van der Waals surface area contributed by atoms with Crippen molar-refractivity contribution in [3.8, 4) is 0 Å². The van der Waals surface area contributed by atoms with Crippen LogP contribution in [0.5, 0.6) is 0 Å². The summed E-state index contributed by atoms with van der Waals surface area (Å²) in [6.07, 6.45) is -0.852. The van der Waals surface area contributed by atoms with Crippen LogP contribution < -0.4 is 4.90 Å². The fourth-order valence-electron chi connectivity index (χ4n) is 1.37. The Morgan fingerprint density at radius 2 is 1.79 bits per heavy atom. The predicted molar refractivity (Wildman–Crippen MR) is 65.8 cm³/mol. The largest absolute Gasteiger partial charge is 0.580 e. The lowest BCUT2D eigenvalue weighted by Crippen LogP contribution is -2.36. The van der Waals surface area contributed by atoms with Crippen molar-refractivity contribution in [2.24, 2.45) is 0 Å². The van der Waals surface area contributed by atoms with Crippen molar-refractivity contribution in [2.45, 2.75) is 18.7 Å². The lowest BCUT2D eigenvalue weighted by molar-refractivity contribution is -0.120. The minimum atomic E-state index is -4.32. The number of amides is 2. The first-order chi connectivity index (χ1) is 8.77. The summed E-state index contributed by atoms with van der Waals surface area (Å²) < 4.78 is 35.3. The second kappa shape index (κ2) is 5.91. The summed E-state index contributed by atoms with van der Waals surface area (Å²) in [4.78, 5) is 23.4. The molecule has 0 saturated heterocycles. The van der Waals surface area contributed by atoms with E-state index in [0.29, 0.717) is 0 Å². The van der Waals surface area contributed by atoms with Crippen LogP contribution in [0.25, 0.3) is 0 Å². The van der Waals surface area contributed by atoms with Crippen LogP contribution in [0.1, 0.15) is 13.8 Å². The van der Waals surface area contributed by atoms with Crippen molar-refractivity contribution in [2.75, 3.05) is 6.61 Å². The van der Waals surface area contributed by atoms with E-state index in [2.05, 4.69) is 0 Å². The maximum atomic E-state index is 11.6. The fourth-order valence-corrected chi connectivity index (χ4v) is 1.85. The molecule has 19 heavy (non-hydrogen) atoms. The van der Waals surface area contributed by atoms with Crippen LogP contribution >= 0.6 is 0 Å². The molecule has 1 radical (unpaired) electrons. The minimum Gasteiger partial charge on any atom is -0.416 e. The number of anilines is 1. The van der Waals surface area contributed by atoms with Gasteiger partial charge in [-0.3, -0.25) is 4.55 Å². The molecular formula is C11H13NO6S+. The monoisotopic (exact) mass is 287 g/mol. The SMILES string of the molecule is CCOC(=O)[N+](C(C)=O)c1ccc(S(=O)(=O)O)cc1. The molecule has 0 bridgehead atoms. The molecule has 0 aliphatic carbocycles. The van der Waals surface area contributed by atoms with E-state index in [1.807, 2.05) is 0 Å². The molecule has 103 valence electrons. The lowest BCUT2D eigenvalue weighted by atomic mass is 10.3. The first kappa shape index (κ1) is 15.3. The van der Waals surface area contributed by atoms with Crippen molar-refractivity contribution in [1.29, 1.82) is 0 Å². The zero-order chi connectivity index (χ0) is 14.6. The summed E-state index contributed by atoms with van der Waals surface area (Å²) in [5.74, 6) is -0.571. The van der Waals surface area contributed by atoms with Gasteiger partial charge in [-0.2, -0.15) is 13.2 Å². The number of rotatable bonds is 3. The van der Waals surface area contributed by atoms with Crippen LogP contribution in [0.3, 0.4) is 0 Å². The second-order valence-electron chi connectivity index (χ2n) is 3.52. The topological polar surface area (TPSA) is 104 Å². The van der Waals surface area contributed by atoms with Gasteiger partial charge in [0, 0.05) is 17.0 Å². The molecule has 0 spiro atoms. The van der Waals surface area contributed by atoms with E-state index in [0.717, 1.165) is 17.0 Å². The van der Waals surface area contributed by atoms with Gasteiger partial charge >= 0.3 is 12.0 Å². The number of ether oxygens (including phenoxy) is 1. The van der Waals surface area contributed by atoms with Gasteiger partial charge in [-0.1, -0.05) is 0 Å². The summed E-state index contributed by atoms with van der Waals surface area (Å²) in [6.45, 7) is 2.87. The Labute approximate surface area is 110 Å². The van der Waals surface area contributed by atoms with Gasteiger partial charge < -0.3 is 4.74 Å². The van der Waals surface area contributed by atoms with E-state index < -0.39 is 22.1 Å². The van der Waals surface area contributed by atoms with Gasteiger partial charge in [-0.05, 0) is 19.1 Å². The summed E-state index contributed by atoms with van der Waals surface area (Å²) in [5, 5.41) is 0. The quantitative estimate of drug-likeness (QED) is 0.665. The second-order valence-corrected chi connectivity index (χ2v) is 4.94. The molecular weight excluding hydrogens is 274 g/mol. The third-order valence-electron chi connectivity index (χ3n) is 2.16. The van der Waals surface area contributed by atoms with Crippen LogP contribution in [0.4, 0.5) is 10.5 Å². The molecule has 0 fully saturated rings. The Hall–Kier alpha value is -1.77. The zero-order valence-electron chi connectivity index (χ0n) is 10.4. The van der Waals surface area contributed by atoms with Crippen molar-refractivity contribution >= 4 is 27.8 Å². The molecule has 0 saturated carbocycles. The Morgan fingerprint density at radius 1 is 1.26 bits per heavy atom. The van der Waals surface area contributed by atoms with E-state index in [1.165, 1.54) is 19.1 Å². The number of carbonyl (C=O) groups is 2. The van der Waals surface area contributed by atoms with Crippen LogP contribution in [0.2, 0.25) is 0 Å². The molecule has 1 N–H and O–H groups in total. The van der Waals surface area contributed by atoms with Gasteiger partial charge in [0.1, 0.15) is 0 Å². The number of carbonyl (C=O) groups excluding carboxylic acids is 2. The van der Waals surface area contributed by atoms with E-state index >= 15 is 0 Å². The molecule has 2 amide bonds. The Bertz CT molecular complexity index is 578. The standard InChI is InChI=1S/C11H13NO6S/c1-3-18-11(14)12(8(2)13)9-4-6-10(7-5-9)19(15,16)17/h4-7H,3H2,1-2H3,(H,15,16,17)/q+1. The Morgan fingerprint density at radius 3 is 2.16 bits per heavy atom. The zero-order valence-corrected chi connectivity index (χ0v) is 11.2. The number of benzene rings is 1. The van der Waals surface area contributed by atoms with Crippen molar-refractivity contribution in [3.63, 3.8) is 0 Å². The molecule has 8 heteroatoms. The Balaban J connectivity index is 3.12. The molecule has 0 heterocycles. The highest BCUT2D eigenvalue weighted by atomic mass is 32.2. The molecule has 0 unspecified atom stereocenters. The number of imide groups is 1. The predicted octanol–water partition coefficient (Wildman–Crippen LogP) is 1.41. The van der Waals surface area contributed by atoms with E-state index in [1.54, 1.807) is 6.92 Å². The number of nitrogens with zero attached hydrogens (tertiary/aromatic N) is 1. The van der Waals surface area contributed by atoms with Crippen LogP contribution in [0, 0.1) is 0 Å². The fraction of sp³-hybridized carbons (Fsp3) is 0.273. The highest BCUT2D eigenvalue weighted by molar-refractivity contribution is 7.85. The van der Waals surface area contributed by atoms with Crippen molar-refractivity contribution in [1.82, 2.24) is 4.90 Å². The molecule has 0 atom stereocenters. The van der Waals surface area contributed by atoms with Gasteiger partial charge in [0.2, 0.25) is 5.69 Å². The molecule has 0 aliphatic heterocycles. The van der Waals surface area contributed by atoms with Gasteiger partial charge in [0.25, 0.3) is 10.1 Å². The molecule has 7 nitrogen and oxygen atoms in total. The van der Waals surface area contributed by atoms with Crippen molar-refractivity contribution in [3.05, 3.63) is 24.3 Å². The smallest absolute Gasteiger partial charge is 0.416 e. The number of hydrogen-bond acceptors (Lipinski definition) is 5. The van der Waals surface area contributed by atoms with Crippen LogP contribution in [-0.2, 0) is 19.6 Å². The molecule has 0 aromatic heterocycles. The molecule has 1 aromatic carbocycles. The van der Waals surface area contributed by atoms with Gasteiger partial charge in [-0.15, -0.1) is 0 Å². The maximum Gasteiger partial charge on any atom is 0.580 e. The third-order valence-corrected chi connectivity index (χ3v) is 3.03. The maximum absolute atomic E-state index is 11.6. The summed E-state index contributed by atoms with van der Waals surface area (Å²) >= 11 is 0. The van der Waals surface area contributed by atoms with Crippen LogP contribution in [0.15, 0.2) is 29.2 Å². The summed E-state index contributed by atoms with van der Waals surface area (Å²) in [7, 11) is -4.32. The molecule has 0 aliphatic rings. The summed E-state index contributed by atoms with van der Waals surface area (Å²) in [6, 6.07) is 4.61. The van der Waals surface area contributed by atoms with E-state index in [4.69, 9.17) is 9.29 Å². The highest BCUT2D eigenvalue weighted by Crippen LogP contribution is 2.18. The van der Waals surface area contributed by atoms with Gasteiger partial charge in [-0.25, -0.2) is 4.79 Å². The van der Waals surface area contributed by atoms with Gasteiger partial charge in [0.15, 0.2) is 0 Å². The van der Waals surface area contributed by atoms with Crippen molar-refractivity contribution < 1.29 is 27.3 Å². The normalized spacial score (nSPS) is 11.4. The van der Waals surface area contributed by atoms with Crippen LogP contribution in [-0.4, -0.2) is 31.6 Å². The summed E-state index contributed by atoms with van der Waals surface area (Å²) in [5.41, 5.74) is 0.151. The highest BCUT2D eigenvalue weighted by Gasteiger charge is 2.36. The first-order valence-corrected chi connectivity index (χ1v) is 6.76. The average Bonchev–Trinajstić information content (AvgIpc) is 2.28. The third kappa shape index (κ3) is 3.85. The molecule has 1 rings (SSSR count). The lowest BCUT2D eigenvalue weighted by Gasteiger charge is -2.05. The minimum absolute atomic E-state index is 0.103. The van der Waals surface area contributed by atoms with E-state index in [9.17, 15) is 18.0 Å². The molecule has 1 aromatic rings. The van der Waals surface area contributed by atoms with E-state index in [-0.39, 0.29) is 17.2 Å². The Kier molecular flexibility index (Phi) is 4.76.